The molecule has 6 heteroatoms. The monoisotopic (exact) mass is 354 g/mol. The van der Waals surface area contributed by atoms with Gasteiger partial charge in [0.15, 0.2) is 5.96 Å². The van der Waals surface area contributed by atoms with Crippen LogP contribution >= 0.6 is 11.3 Å². The number of thiazole rings is 1. The molecule has 5 nitrogen and oxygen atoms in total. The Morgan fingerprint density at radius 1 is 1.16 bits per heavy atom. The lowest BCUT2D eigenvalue weighted by Crippen LogP contribution is -2.36. The fraction of sp³-hybridized carbons (Fsp3) is 0.263. The van der Waals surface area contributed by atoms with E-state index < -0.39 is 0 Å². The van der Waals surface area contributed by atoms with Crippen molar-refractivity contribution in [3.8, 4) is 10.6 Å². The van der Waals surface area contributed by atoms with Crippen LogP contribution in [0.3, 0.4) is 0 Å². The molecule has 0 saturated heterocycles. The van der Waals surface area contributed by atoms with E-state index in [0.717, 1.165) is 34.5 Å². The summed E-state index contributed by atoms with van der Waals surface area (Å²) < 4.78 is 5.33. The van der Waals surface area contributed by atoms with Crippen LogP contribution in [0.25, 0.3) is 10.6 Å². The van der Waals surface area contributed by atoms with Crippen LogP contribution in [-0.4, -0.2) is 17.5 Å². The number of aliphatic imine (C=N–C) groups is 1. The van der Waals surface area contributed by atoms with Gasteiger partial charge in [0.05, 0.1) is 18.5 Å². The first-order valence-electron chi connectivity index (χ1n) is 8.32. The number of hydrogen-bond donors (Lipinski definition) is 2. The maximum absolute atomic E-state index is 5.33. The van der Waals surface area contributed by atoms with Crippen LogP contribution in [0.15, 0.2) is 58.1 Å². The molecule has 0 saturated carbocycles. The van der Waals surface area contributed by atoms with Gasteiger partial charge in [-0.3, -0.25) is 0 Å². The van der Waals surface area contributed by atoms with Crippen molar-refractivity contribution in [3.05, 3.63) is 65.1 Å². The summed E-state index contributed by atoms with van der Waals surface area (Å²) in [7, 11) is 0. The quantitative estimate of drug-likeness (QED) is 0.519. The second kappa shape index (κ2) is 8.48. The molecule has 0 spiro atoms. The second-order valence-corrected chi connectivity index (χ2v) is 6.61. The van der Waals surface area contributed by atoms with Gasteiger partial charge in [0, 0.05) is 17.0 Å². The number of nitrogens with one attached hydrogen (secondary N) is 2. The van der Waals surface area contributed by atoms with Gasteiger partial charge >= 0.3 is 0 Å². The summed E-state index contributed by atoms with van der Waals surface area (Å²) >= 11 is 1.71. The Bertz CT molecular complexity index is 809. The van der Waals surface area contributed by atoms with Crippen LogP contribution in [-0.2, 0) is 13.1 Å². The van der Waals surface area contributed by atoms with Crippen molar-refractivity contribution in [3.63, 3.8) is 0 Å². The average Bonchev–Trinajstić information content (AvgIpc) is 3.28. The molecule has 1 aromatic carbocycles. The van der Waals surface area contributed by atoms with Crippen LogP contribution in [0.1, 0.15) is 23.3 Å². The highest BCUT2D eigenvalue weighted by molar-refractivity contribution is 7.15. The summed E-state index contributed by atoms with van der Waals surface area (Å²) in [6.45, 7) is 6.11. The molecule has 0 aliphatic rings. The van der Waals surface area contributed by atoms with Gasteiger partial charge in [0.25, 0.3) is 0 Å². The van der Waals surface area contributed by atoms with Gasteiger partial charge in [-0.1, -0.05) is 30.3 Å². The molecular formula is C19H22N4OS. The van der Waals surface area contributed by atoms with Crippen LogP contribution in [0.5, 0.6) is 0 Å². The lowest BCUT2D eigenvalue weighted by molar-refractivity contribution is 0.512. The lowest BCUT2D eigenvalue weighted by Gasteiger charge is -2.10. The van der Waals surface area contributed by atoms with Gasteiger partial charge in [-0.05, 0) is 26.0 Å². The van der Waals surface area contributed by atoms with Gasteiger partial charge < -0.3 is 15.1 Å². The lowest BCUT2D eigenvalue weighted by atomic mass is 10.2. The Morgan fingerprint density at radius 2 is 2.00 bits per heavy atom. The van der Waals surface area contributed by atoms with E-state index in [4.69, 9.17) is 9.40 Å². The summed E-state index contributed by atoms with van der Waals surface area (Å²) in [5.41, 5.74) is 2.21. The molecule has 2 N–H and O–H groups in total. The van der Waals surface area contributed by atoms with Crippen molar-refractivity contribution >= 4 is 17.3 Å². The number of hydrogen-bond acceptors (Lipinski definition) is 4. The number of nitrogens with zero attached hydrogens (tertiary/aromatic N) is 2. The third-order valence-electron chi connectivity index (χ3n) is 3.65. The predicted octanol–water partition coefficient (Wildman–Crippen LogP) is 3.97. The number of aromatic nitrogens is 1. The summed E-state index contributed by atoms with van der Waals surface area (Å²) in [6.07, 6.45) is 1.66. The zero-order chi connectivity index (χ0) is 17.5. The molecule has 0 atom stereocenters. The zero-order valence-corrected chi connectivity index (χ0v) is 15.3. The smallest absolute Gasteiger partial charge is 0.191 e. The summed E-state index contributed by atoms with van der Waals surface area (Å²) in [5, 5.41) is 7.68. The summed E-state index contributed by atoms with van der Waals surface area (Å²) in [5.74, 6) is 1.62. The molecule has 2 heterocycles. The van der Waals surface area contributed by atoms with E-state index in [9.17, 15) is 0 Å². The van der Waals surface area contributed by atoms with Gasteiger partial charge in [-0.15, -0.1) is 11.3 Å². The Hall–Kier alpha value is -2.60. The number of aryl methyl sites for hydroxylation is 1. The molecule has 0 radical (unpaired) electrons. The molecule has 0 amide bonds. The van der Waals surface area contributed by atoms with E-state index in [-0.39, 0.29) is 0 Å². The maximum atomic E-state index is 5.33. The first-order valence-corrected chi connectivity index (χ1v) is 9.14. The van der Waals surface area contributed by atoms with Gasteiger partial charge in [0.1, 0.15) is 17.3 Å². The highest BCUT2D eigenvalue weighted by Gasteiger charge is 2.10. The highest BCUT2D eigenvalue weighted by atomic mass is 32.1. The van der Waals surface area contributed by atoms with Crippen molar-refractivity contribution < 1.29 is 4.42 Å². The van der Waals surface area contributed by atoms with E-state index >= 15 is 0 Å². The van der Waals surface area contributed by atoms with Crippen molar-refractivity contribution in [2.45, 2.75) is 26.9 Å². The molecule has 0 aliphatic carbocycles. The Balaban J connectivity index is 1.66. The largest absolute Gasteiger partial charge is 0.467 e. The van der Waals surface area contributed by atoms with E-state index in [1.165, 1.54) is 4.88 Å². The predicted molar refractivity (Wildman–Crippen MR) is 103 cm³/mol. The molecular weight excluding hydrogens is 332 g/mol. The van der Waals surface area contributed by atoms with Crippen molar-refractivity contribution in [1.82, 2.24) is 15.6 Å². The first-order chi connectivity index (χ1) is 12.3. The number of rotatable bonds is 6. The topological polar surface area (TPSA) is 62.5 Å². The minimum Gasteiger partial charge on any atom is -0.467 e. The van der Waals surface area contributed by atoms with Crippen LogP contribution in [0, 0.1) is 6.92 Å². The van der Waals surface area contributed by atoms with Crippen molar-refractivity contribution in [2.24, 2.45) is 4.99 Å². The number of furan rings is 1. The molecule has 2 aromatic heterocycles. The standard InChI is InChI=1S/C19H22N4OS/c1-3-20-19(21-12-16-10-7-11-24-16)22-13-17-14(2)23-18(25-17)15-8-5-4-6-9-15/h4-11H,3,12-13H2,1-2H3,(H2,20,21,22). The molecule has 0 fully saturated rings. The van der Waals surface area contributed by atoms with Crippen LogP contribution < -0.4 is 10.6 Å². The molecule has 25 heavy (non-hydrogen) atoms. The van der Waals surface area contributed by atoms with Gasteiger partial charge in [-0.25, -0.2) is 9.98 Å². The number of guanidine groups is 1. The highest BCUT2D eigenvalue weighted by Crippen LogP contribution is 2.27. The van der Waals surface area contributed by atoms with Crippen LogP contribution in [0.4, 0.5) is 0 Å². The fourth-order valence-electron chi connectivity index (χ4n) is 2.36. The fourth-order valence-corrected chi connectivity index (χ4v) is 3.37. The second-order valence-electron chi connectivity index (χ2n) is 5.52. The molecule has 0 unspecified atom stereocenters. The maximum Gasteiger partial charge on any atom is 0.191 e. The molecule has 3 aromatic rings. The molecule has 3 rings (SSSR count). The molecule has 130 valence electrons. The molecule has 0 bridgehead atoms. The normalized spacial score (nSPS) is 11.5. The van der Waals surface area contributed by atoms with E-state index in [1.807, 2.05) is 37.3 Å². The first kappa shape index (κ1) is 17.2. The molecule has 0 aliphatic heterocycles. The SMILES string of the molecule is CCNC(=NCc1ccco1)NCc1sc(-c2ccccc2)nc1C. The summed E-state index contributed by atoms with van der Waals surface area (Å²) in [6, 6.07) is 14.1. The van der Waals surface area contributed by atoms with Gasteiger partial charge in [-0.2, -0.15) is 0 Å². The van der Waals surface area contributed by atoms with E-state index in [2.05, 4.69) is 34.7 Å². The average molecular weight is 354 g/mol. The zero-order valence-electron chi connectivity index (χ0n) is 14.5. The van der Waals surface area contributed by atoms with Gasteiger partial charge in [0.2, 0.25) is 0 Å². The van der Waals surface area contributed by atoms with E-state index in [0.29, 0.717) is 13.1 Å². The van der Waals surface area contributed by atoms with E-state index in [1.54, 1.807) is 17.6 Å². The number of benzene rings is 1. The Kier molecular flexibility index (Phi) is 5.85. The minimum atomic E-state index is 0.513. The third-order valence-corrected chi connectivity index (χ3v) is 4.85. The third kappa shape index (κ3) is 4.70. The Morgan fingerprint density at radius 3 is 2.72 bits per heavy atom. The van der Waals surface area contributed by atoms with Crippen molar-refractivity contribution in [1.29, 1.82) is 0 Å². The summed E-state index contributed by atoms with van der Waals surface area (Å²) in [4.78, 5) is 10.5. The minimum absolute atomic E-state index is 0.513. The Labute approximate surface area is 151 Å². The van der Waals surface area contributed by atoms with Crippen LogP contribution in [0.2, 0.25) is 0 Å². The van der Waals surface area contributed by atoms with Crippen molar-refractivity contribution in [2.75, 3.05) is 6.54 Å².